The van der Waals surface area contributed by atoms with Gasteiger partial charge in [-0.3, -0.25) is 9.36 Å². The van der Waals surface area contributed by atoms with Crippen LogP contribution in [0.3, 0.4) is 0 Å². The first kappa shape index (κ1) is 15.3. The minimum Gasteiger partial charge on any atom is -0.481 e. The van der Waals surface area contributed by atoms with E-state index in [0.29, 0.717) is 27.7 Å². The van der Waals surface area contributed by atoms with E-state index < -0.39 is 17.6 Å². The molecular weight excluding hydrogens is 292 g/mol. The van der Waals surface area contributed by atoms with Crippen LogP contribution in [0.4, 0.5) is 0 Å². The maximum absolute atomic E-state index is 12.2. The second-order valence-electron chi connectivity index (χ2n) is 4.85. The molecule has 1 aromatic heterocycles. The van der Waals surface area contributed by atoms with Crippen LogP contribution in [0.2, 0.25) is 5.02 Å². The molecule has 110 valence electrons. The molecule has 0 aliphatic heterocycles. The average Bonchev–Trinajstić information content (AvgIpc) is 2.37. The molecule has 0 spiro atoms. The molecule has 0 amide bonds. The summed E-state index contributed by atoms with van der Waals surface area (Å²) in [7, 11) is 0. The minimum atomic E-state index is -0.959. The fourth-order valence-electron chi connectivity index (χ4n) is 2.45. The molecule has 2 aromatic rings. The van der Waals surface area contributed by atoms with Gasteiger partial charge in [0.2, 0.25) is 0 Å². The molecule has 1 N–H and O–H groups in total. The smallest absolute Gasteiger partial charge is 0.352 e. The van der Waals surface area contributed by atoms with Gasteiger partial charge in [-0.2, -0.15) is 4.98 Å². The highest BCUT2D eigenvalue weighted by Crippen LogP contribution is 2.23. The molecule has 21 heavy (non-hydrogen) atoms. The lowest BCUT2D eigenvalue weighted by Gasteiger charge is -2.18. The quantitative estimate of drug-likeness (QED) is 0.946. The van der Waals surface area contributed by atoms with E-state index in [9.17, 15) is 14.7 Å². The summed E-state index contributed by atoms with van der Waals surface area (Å²) in [4.78, 5) is 27.4. The molecule has 0 radical (unpaired) electrons. The number of carboxylic acids is 1. The molecule has 1 atom stereocenters. The van der Waals surface area contributed by atoms with Crippen LogP contribution in [0.5, 0.6) is 0 Å². The minimum absolute atomic E-state index is 0.436. The Labute approximate surface area is 126 Å². The number of hydrogen-bond donors (Lipinski definition) is 1. The third kappa shape index (κ3) is 2.83. The zero-order valence-corrected chi connectivity index (χ0v) is 12.7. The van der Waals surface area contributed by atoms with Gasteiger partial charge in [0.15, 0.2) is 0 Å². The Morgan fingerprint density at radius 2 is 2.05 bits per heavy atom. The summed E-state index contributed by atoms with van der Waals surface area (Å²) in [5.74, 6) is -1.71. The number of benzene rings is 1. The van der Waals surface area contributed by atoms with Gasteiger partial charge in [0.25, 0.3) is 0 Å². The average molecular weight is 307 g/mol. The maximum atomic E-state index is 12.2. The molecule has 1 aromatic carbocycles. The van der Waals surface area contributed by atoms with Crippen molar-refractivity contribution in [2.24, 2.45) is 0 Å². The molecule has 0 saturated heterocycles. The van der Waals surface area contributed by atoms with Crippen molar-refractivity contribution in [1.29, 1.82) is 0 Å². The van der Waals surface area contributed by atoms with E-state index in [1.807, 2.05) is 0 Å². The monoisotopic (exact) mass is 306 g/mol. The normalized spacial score (nSPS) is 12.2. The second kappa shape index (κ2) is 5.69. The fourth-order valence-corrected chi connectivity index (χ4v) is 2.63. The summed E-state index contributed by atoms with van der Waals surface area (Å²) in [5, 5.41) is 9.72. The predicted octanol–water partition coefficient (Wildman–Crippen LogP) is 2.69. The van der Waals surface area contributed by atoms with Gasteiger partial charge in [0, 0.05) is 22.0 Å². The summed E-state index contributed by atoms with van der Waals surface area (Å²) in [6.45, 7) is 4.93. The molecule has 6 heteroatoms. The summed E-state index contributed by atoms with van der Waals surface area (Å²) in [5.41, 5.74) is 1.65. The van der Waals surface area contributed by atoms with E-state index in [2.05, 4.69) is 4.98 Å². The Bertz CT molecular complexity index is 768. The van der Waals surface area contributed by atoms with Crippen molar-refractivity contribution >= 4 is 17.6 Å². The van der Waals surface area contributed by atoms with Crippen LogP contribution in [0.15, 0.2) is 29.1 Å². The summed E-state index contributed by atoms with van der Waals surface area (Å²) in [6.07, 6.45) is 0. The maximum Gasteiger partial charge on any atom is 0.352 e. The SMILES string of the molecule is Cc1nc(=O)n(-c2cccc(Cl)c2)c(C)c1C(C)C(=O)O. The van der Waals surface area contributed by atoms with Crippen molar-refractivity contribution in [2.75, 3.05) is 0 Å². The lowest BCUT2D eigenvalue weighted by molar-refractivity contribution is -0.138. The highest BCUT2D eigenvalue weighted by molar-refractivity contribution is 6.30. The van der Waals surface area contributed by atoms with Crippen molar-refractivity contribution in [1.82, 2.24) is 9.55 Å². The molecule has 0 bridgehead atoms. The predicted molar refractivity (Wildman–Crippen MR) is 80.4 cm³/mol. The van der Waals surface area contributed by atoms with Crippen LogP contribution < -0.4 is 5.69 Å². The Kier molecular flexibility index (Phi) is 4.14. The lowest BCUT2D eigenvalue weighted by atomic mass is 9.98. The first-order valence-corrected chi connectivity index (χ1v) is 6.79. The number of carboxylic acid groups (broad SMARTS) is 1. The molecular formula is C15H15ClN2O3. The Morgan fingerprint density at radius 3 is 2.62 bits per heavy atom. The van der Waals surface area contributed by atoms with Crippen LogP contribution in [-0.4, -0.2) is 20.6 Å². The van der Waals surface area contributed by atoms with Gasteiger partial charge in [-0.1, -0.05) is 17.7 Å². The van der Waals surface area contributed by atoms with Crippen LogP contribution in [0.25, 0.3) is 5.69 Å². The number of aliphatic carboxylic acids is 1. The first-order valence-electron chi connectivity index (χ1n) is 6.41. The van der Waals surface area contributed by atoms with Crippen molar-refractivity contribution in [3.05, 3.63) is 56.7 Å². The Morgan fingerprint density at radius 1 is 1.38 bits per heavy atom. The summed E-state index contributed by atoms with van der Waals surface area (Å²) < 4.78 is 1.38. The fraction of sp³-hybridized carbons (Fsp3) is 0.267. The van der Waals surface area contributed by atoms with Crippen molar-refractivity contribution < 1.29 is 9.90 Å². The second-order valence-corrected chi connectivity index (χ2v) is 5.29. The van der Waals surface area contributed by atoms with Gasteiger partial charge < -0.3 is 5.11 Å². The highest BCUT2D eigenvalue weighted by Gasteiger charge is 2.22. The molecule has 0 aliphatic carbocycles. The van der Waals surface area contributed by atoms with E-state index >= 15 is 0 Å². The first-order chi connectivity index (χ1) is 9.82. The third-order valence-electron chi connectivity index (χ3n) is 3.44. The van der Waals surface area contributed by atoms with E-state index in [-0.39, 0.29) is 0 Å². The molecule has 0 aliphatic rings. The Hall–Kier alpha value is -2.14. The number of nitrogens with zero attached hydrogens (tertiary/aromatic N) is 2. The molecule has 1 unspecified atom stereocenters. The standard InChI is InChI=1S/C15H15ClN2O3/c1-8(14(19)20)13-9(2)17-15(21)18(10(13)3)12-6-4-5-11(16)7-12/h4-8H,1-3H3,(H,19,20). The number of rotatable bonds is 3. The third-order valence-corrected chi connectivity index (χ3v) is 3.67. The number of aromatic nitrogens is 2. The molecule has 2 rings (SSSR count). The van der Waals surface area contributed by atoms with Gasteiger partial charge in [0.1, 0.15) is 0 Å². The number of aryl methyl sites for hydroxylation is 1. The van der Waals surface area contributed by atoms with E-state index in [1.54, 1.807) is 45.0 Å². The van der Waals surface area contributed by atoms with Crippen LogP contribution >= 0.6 is 11.6 Å². The lowest BCUT2D eigenvalue weighted by Crippen LogP contribution is -2.28. The largest absolute Gasteiger partial charge is 0.481 e. The van der Waals surface area contributed by atoms with E-state index in [0.717, 1.165) is 0 Å². The molecule has 1 heterocycles. The molecule has 5 nitrogen and oxygen atoms in total. The van der Waals surface area contributed by atoms with Gasteiger partial charge in [-0.05, 0) is 39.0 Å². The molecule has 0 fully saturated rings. The number of carbonyl (C=O) groups is 1. The van der Waals surface area contributed by atoms with Gasteiger partial charge in [-0.15, -0.1) is 0 Å². The zero-order chi connectivity index (χ0) is 15.7. The Balaban J connectivity index is 2.76. The van der Waals surface area contributed by atoms with E-state index in [4.69, 9.17) is 11.6 Å². The highest BCUT2D eigenvalue weighted by atomic mass is 35.5. The van der Waals surface area contributed by atoms with Crippen LogP contribution in [-0.2, 0) is 4.79 Å². The van der Waals surface area contributed by atoms with Crippen molar-refractivity contribution in [3.8, 4) is 5.69 Å². The van der Waals surface area contributed by atoms with Gasteiger partial charge in [-0.25, -0.2) is 4.79 Å². The van der Waals surface area contributed by atoms with Gasteiger partial charge >= 0.3 is 11.7 Å². The topological polar surface area (TPSA) is 72.2 Å². The van der Waals surface area contributed by atoms with Crippen LogP contribution in [0.1, 0.15) is 29.8 Å². The summed E-state index contributed by atoms with van der Waals surface area (Å²) in [6, 6.07) is 6.80. The van der Waals surface area contributed by atoms with E-state index in [1.165, 1.54) is 4.57 Å². The zero-order valence-electron chi connectivity index (χ0n) is 11.9. The van der Waals surface area contributed by atoms with Crippen molar-refractivity contribution in [3.63, 3.8) is 0 Å². The van der Waals surface area contributed by atoms with Gasteiger partial charge in [0.05, 0.1) is 11.6 Å². The molecule has 0 saturated carbocycles. The number of hydrogen-bond acceptors (Lipinski definition) is 3. The summed E-state index contributed by atoms with van der Waals surface area (Å²) >= 11 is 5.95. The van der Waals surface area contributed by atoms with Crippen LogP contribution in [0, 0.1) is 13.8 Å². The van der Waals surface area contributed by atoms with Crippen molar-refractivity contribution in [2.45, 2.75) is 26.7 Å². The number of halogens is 1.